The van der Waals surface area contributed by atoms with E-state index in [2.05, 4.69) is 36.4 Å². The van der Waals surface area contributed by atoms with Gasteiger partial charge in [0.15, 0.2) is 0 Å². The maximum atomic E-state index is 12.5. The van der Waals surface area contributed by atoms with Gasteiger partial charge in [0.05, 0.1) is 32.0 Å². The van der Waals surface area contributed by atoms with E-state index in [-0.39, 0.29) is 17.9 Å². The summed E-state index contributed by atoms with van der Waals surface area (Å²) in [6, 6.07) is 6.27. The molecule has 0 spiro atoms. The molecule has 0 unspecified atom stereocenters. The van der Waals surface area contributed by atoms with Crippen LogP contribution in [-0.4, -0.2) is 58.0 Å². The number of carbonyl (C=O) groups is 1. The van der Waals surface area contributed by atoms with E-state index < -0.39 is 18.2 Å². The van der Waals surface area contributed by atoms with Gasteiger partial charge in [-0.05, 0) is 24.3 Å². The molecule has 0 aliphatic carbocycles. The number of aromatic nitrogens is 3. The van der Waals surface area contributed by atoms with Gasteiger partial charge in [0, 0.05) is 17.2 Å². The summed E-state index contributed by atoms with van der Waals surface area (Å²) in [5, 5.41) is 21.5. The summed E-state index contributed by atoms with van der Waals surface area (Å²) < 4.78 is 12.5. The zero-order valence-electron chi connectivity index (χ0n) is 16.0. The number of nitrogens with zero attached hydrogens (tertiary/aromatic N) is 3. The number of rotatable bonds is 5. The van der Waals surface area contributed by atoms with E-state index in [1.165, 1.54) is 0 Å². The fraction of sp³-hybridized carbons (Fsp3) is 0.526. The van der Waals surface area contributed by atoms with Crippen LogP contribution in [0, 0.1) is 0 Å². The maximum absolute atomic E-state index is 12.5. The average Bonchev–Trinajstić information content (AvgIpc) is 3.24. The predicted octanol–water partition coefficient (Wildman–Crippen LogP) is 1.14. The van der Waals surface area contributed by atoms with Crippen molar-refractivity contribution in [3.8, 4) is 5.75 Å². The summed E-state index contributed by atoms with van der Waals surface area (Å²) in [6.45, 7) is 6.76. The van der Waals surface area contributed by atoms with Gasteiger partial charge in [0.1, 0.15) is 18.0 Å². The van der Waals surface area contributed by atoms with Crippen molar-refractivity contribution < 1.29 is 19.4 Å². The molecule has 3 rings (SSSR count). The van der Waals surface area contributed by atoms with Gasteiger partial charge in [0.2, 0.25) is 0 Å². The van der Waals surface area contributed by atoms with Crippen molar-refractivity contribution in [1.29, 1.82) is 0 Å². The average molecular weight is 374 g/mol. The molecule has 3 atom stereocenters. The lowest BCUT2D eigenvalue weighted by atomic mass is 9.93. The quantitative estimate of drug-likeness (QED) is 0.814. The fourth-order valence-electron chi connectivity index (χ4n) is 2.93. The van der Waals surface area contributed by atoms with Crippen molar-refractivity contribution >= 4 is 5.91 Å². The monoisotopic (exact) mass is 374 g/mol. The van der Waals surface area contributed by atoms with E-state index >= 15 is 0 Å². The van der Waals surface area contributed by atoms with Crippen LogP contribution in [0.1, 0.15) is 36.8 Å². The fourth-order valence-corrected chi connectivity index (χ4v) is 2.93. The molecule has 8 nitrogen and oxygen atoms in total. The Balaban J connectivity index is 1.67. The van der Waals surface area contributed by atoms with Crippen molar-refractivity contribution in [2.24, 2.45) is 0 Å². The van der Waals surface area contributed by atoms with Crippen LogP contribution in [0.15, 0.2) is 30.5 Å². The van der Waals surface area contributed by atoms with Crippen molar-refractivity contribution in [1.82, 2.24) is 20.3 Å². The summed E-state index contributed by atoms with van der Waals surface area (Å²) in [5.41, 5.74) is 1.26. The van der Waals surface area contributed by atoms with Crippen LogP contribution >= 0.6 is 0 Å². The minimum atomic E-state index is -0.775. The van der Waals surface area contributed by atoms with Crippen molar-refractivity contribution in [3.05, 3.63) is 41.7 Å². The third kappa shape index (κ3) is 4.45. The number of aliphatic hydroxyl groups excluding tert-OH is 1. The van der Waals surface area contributed by atoms with Crippen LogP contribution in [0.2, 0.25) is 0 Å². The molecule has 1 fully saturated rings. The van der Waals surface area contributed by atoms with Crippen molar-refractivity contribution in [2.45, 2.75) is 51.0 Å². The Bertz CT molecular complexity index is 782. The highest BCUT2D eigenvalue weighted by Gasteiger charge is 2.38. The first-order valence-corrected chi connectivity index (χ1v) is 8.93. The number of amides is 1. The zero-order chi connectivity index (χ0) is 19.6. The smallest absolute Gasteiger partial charge is 0.251 e. The Morgan fingerprint density at radius 2 is 2.07 bits per heavy atom. The number of aliphatic hydroxyl groups is 1. The van der Waals surface area contributed by atoms with E-state index in [4.69, 9.17) is 9.47 Å². The second-order valence-electron chi connectivity index (χ2n) is 7.74. The Morgan fingerprint density at radius 3 is 2.67 bits per heavy atom. The Labute approximate surface area is 158 Å². The normalized spacial score (nSPS) is 22.6. The second kappa shape index (κ2) is 7.66. The molecular formula is C19H26N4O4. The van der Waals surface area contributed by atoms with Crippen LogP contribution in [0.25, 0.3) is 0 Å². The molecule has 8 heteroatoms. The summed E-state index contributed by atoms with van der Waals surface area (Å²) in [7, 11) is 1.57. The highest BCUT2D eigenvalue weighted by Crippen LogP contribution is 2.21. The lowest BCUT2D eigenvalue weighted by Gasteiger charge is -2.21. The van der Waals surface area contributed by atoms with Crippen LogP contribution in [0.3, 0.4) is 0 Å². The van der Waals surface area contributed by atoms with Crippen LogP contribution in [0.5, 0.6) is 5.75 Å². The van der Waals surface area contributed by atoms with Gasteiger partial charge in [-0.2, -0.15) is 0 Å². The lowest BCUT2D eigenvalue weighted by molar-refractivity contribution is 0.0711. The molecule has 1 aromatic heterocycles. The van der Waals surface area contributed by atoms with Crippen LogP contribution < -0.4 is 10.1 Å². The molecule has 2 aromatic rings. The zero-order valence-corrected chi connectivity index (χ0v) is 16.0. The van der Waals surface area contributed by atoms with Gasteiger partial charge in [0.25, 0.3) is 5.91 Å². The van der Waals surface area contributed by atoms with E-state index in [0.29, 0.717) is 17.9 Å². The van der Waals surface area contributed by atoms with Gasteiger partial charge >= 0.3 is 0 Å². The Kier molecular flexibility index (Phi) is 5.48. The number of carbonyl (C=O) groups excluding carboxylic acids is 1. The number of benzene rings is 1. The summed E-state index contributed by atoms with van der Waals surface area (Å²) in [5.74, 6) is 0.403. The molecule has 1 amide bonds. The molecule has 1 aliphatic heterocycles. The first kappa shape index (κ1) is 19.3. The van der Waals surface area contributed by atoms with Gasteiger partial charge in [-0.3, -0.25) is 4.79 Å². The summed E-state index contributed by atoms with van der Waals surface area (Å²) in [4.78, 5) is 12.5. The molecular weight excluding hydrogens is 348 g/mol. The lowest BCUT2D eigenvalue weighted by Crippen LogP contribution is -2.48. The molecule has 0 saturated carbocycles. The molecule has 0 radical (unpaired) electrons. The van der Waals surface area contributed by atoms with E-state index in [0.717, 1.165) is 5.69 Å². The molecule has 146 valence electrons. The summed E-state index contributed by atoms with van der Waals surface area (Å²) >= 11 is 0. The van der Waals surface area contributed by atoms with E-state index in [1.807, 2.05) is 6.20 Å². The van der Waals surface area contributed by atoms with E-state index in [1.54, 1.807) is 36.1 Å². The van der Waals surface area contributed by atoms with Gasteiger partial charge in [-0.15, -0.1) is 5.10 Å². The SMILES string of the molecule is COc1ccc(C(=O)N[C@@H]2[C@@H](O)CO[C@@H]2Cn2cc(C(C)(C)C)nn2)cc1. The first-order valence-electron chi connectivity index (χ1n) is 8.93. The molecule has 1 saturated heterocycles. The third-order valence-corrected chi connectivity index (χ3v) is 4.62. The number of methoxy groups -OCH3 is 1. The minimum Gasteiger partial charge on any atom is -0.497 e. The molecule has 1 aliphatic rings. The molecule has 27 heavy (non-hydrogen) atoms. The molecule has 1 aromatic carbocycles. The van der Waals surface area contributed by atoms with Gasteiger partial charge < -0.3 is 19.9 Å². The largest absolute Gasteiger partial charge is 0.497 e. The van der Waals surface area contributed by atoms with Gasteiger partial charge in [-0.25, -0.2) is 4.68 Å². The topological polar surface area (TPSA) is 98.5 Å². The van der Waals surface area contributed by atoms with Crippen LogP contribution in [0.4, 0.5) is 0 Å². The molecule has 0 bridgehead atoms. The maximum Gasteiger partial charge on any atom is 0.251 e. The minimum absolute atomic E-state index is 0.101. The standard InChI is InChI=1S/C19H26N4O4/c1-19(2,3)16-10-23(22-21-16)9-15-17(14(24)11-27-15)20-18(25)12-5-7-13(26-4)8-6-12/h5-8,10,14-15,17,24H,9,11H2,1-4H3,(H,20,25)/t14-,15+,17+/m0/s1. The molecule has 2 heterocycles. The first-order chi connectivity index (χ1) is 12.8. The van der Waals surface area contributed by atoms with Crippen molar-refractivity contribution in [2.75, 3.05) is 13.7 Å². The summed E-state index contributed by atoms with van der Waals surface area (Å²) in [6.07, 6.45) is 0.704. The van der Waals surface area contributed by atoms with Gasteiger partial charge in [-0.1, -0.05) is 26.0 Å². The predicted molar refractivity (Wildman–Crippen MR) is 98.7 cm³/mol. The van der Waals surface area contributed by atoms with E-state index in [9.17, 15) is 9.90 Å². The molecule has 2 N–H and O–H groups in total. The second-order valence-corrected chi connectivity index (χ2v) is 7.74. The van der Waals surface area contributed by atoms with Crippen molar-refractivity contribution in [3.63, 3.8) is 0 Å². The number of hydrogen-bond acceptors (Lipinski definition) is 6. The highest BCUT2D eigenvalue weighted by atomic mass is 16.5. The Hall–Kier alpha value is -2.45. The number of hydrogen-bond donors (Lipinski definition) is 2. The Morgan fingerprint density at radius 1 is 1.37 bits per heavy atom. The highest BCUT2D eigenvalue weighted by molar-refractivity contribution is 5.94. The third-order valence-electron chi connectivity index (χ3n) is 4.62. The number of ether oxygens (including phenoxy) is 2. The number of nitrogens with one attached hydrogen (secondary N) is 1. The van der Waals surface area contributed by atoms with Crippen LogP contribution in [-0.2, 0) is 16.7 Å².